The number of benzene rings is 1. The van der Waals surface area contributed by atoms with E-state index in [9.17, 15) is 0 Å². The topological polar surface area (TPSA) is 77.2 Å². The normalized spacial score (nSPS) is 13.4. The molecule has 68 valence electrons. The summed E-state index contributed by atoms with van der Waals surface area (Å²) in [7, 11) is 0. The van der Waals surface area contributed by atoms with Crippen LogP contribution in [0.4, 0.5) is 0 Å². The number of hydrogen-bond donors (Lipinski definition) is 3. The Balaban J connectivity index is 2.57. The molecule has 13 heavy (non-hydrogen) atoms. The summed E-state index contributed by atoms with van der Waals surface area (Å²) in [4.78, 5) is 0. The number of rotatable bonds is 2. The Labute approximate surface area is 75.5 Å². The van der Waals surface area contributed by atoms with Crippen LogP contribution in [-0.2, 0) is 0 Å². The molecule has 0 spiro atoms. The molecule has 0 aliphatic rings. The zero-order valence-electron chi connectivity index (χ0n) is 7.03. The maximum Gasteiger partial charge on any atom is 0.134 e. The van der Waals surface area contributed by atoms with Crippen molar-refractivity contribution in [3.05, 3.63) is 36.1 Å². The van der Waals surface area contributed by atoms with Crippen molar-refractivity contribution in [1.29, 1.82) is 0 Å². The maximum atomic E-state index is 5.71. The molecule has 1 atom stereocenters. The van der Waals surface area contributed by atoms with Crippen molar-refractivity contribution in [2.45, 2.75) is 6.17 Å². The highest BCUT2D eigenvalue weighted by Crippen LogP contribution is 2.23. The van der Waals surface area contributed by atoms with Gasteiger partial charge in [-0.25, -0.2) is 5.43 Å². The molecule has 2 aromatic rings. The molecule has 0 aliphatic heterocycles. The molecule has 0 amide bonds. The summed E-state index contributed by atoms with van der Waals surface area (Å²) in [6, 6.07) is 7.69. The summed E-state index contributed by atoms with van der Waals surface area (Å²) in [5.74, 6) is 5.24. The number of nitrogens with one attached hydrogen (secondary N) is 1. The lowest BCUT2D eigenvalue weighted by molar-refractivity contribution is 0.554. The minimum Gasteiger partial charge on any atom is -0.464 e. The van der Waals surface area contributed by atoms with Gasteiger partial charge in [0.1, 0.15) is 5.58 Å². The Morgan fingerprint density at radius 3 is 2.85 bits per heavy atom. The first-order valence-corrected chi connectivity index (χ1v) is 4.01. The van der Waals surface area contributed by atoms with Crippen molar-refractivity contribution in [2.75, 3.05) is 0 Å². The van der Waals surface area contributed by atoms with Gasteiger partial charge >= 0.3 is 0 Å². The molecule has 0 saturated heterocycles. The number of fused-ring (bicyclic) bond motifs is 1. The zero-order chi connectivity index (χ0) is 9.26. The van der Waals surface area contributed by atoms with E-state index in [0.717, 1.165) is 16.5 Å². The summed E-state index contributed by atoms with van der Waals surface area (Å²) in [6.45, 7) is 0. The van der Waals surface area contributed by atoms with Crippen molar-refractivity contribution < 1.29 is 4.42 Å². The predicted molar refractivity (Wildman–Crippen MR) is 50.5 cm³/mol. The fourth-order valence-corrected chi connectivity index (χ4v) is 1.33. The average molecular weight is 177 g/mol. The van der Waals surface area contributed by atoms with Gasteiger partial charge in [0.15, 0.2) is 0 Å². The zero-order valence-corrected chi connectivity index (χ0v) is 7.03. The van der Waals surface area contributed by atoms with E-state index in [-0.39, 0.29) is 6.17 Å². The van der Waals surface area contributed by atoms with Crippen LogP contribution in [0.25, 0.3) is 11.0 Å². The highest BCUT2D eigenvalue weighted by molar-refractivity contribution is 5.81. The van der Waals surface area contributed by atoms with Gasteiger partial charge < -0.3 is 10.2 Å². The van der Waals surface area contributed by atoms with E-state index < -0.39 is 0 Å². The van der Waals surface area contributed by atoms with Gasteiger partial charge in [-0.05, 0) is 6.07 Å². The molecular weight excluding hydrogens is 166 g/mol. The van der Waals surface area contributed by atoms with Crippen LogP contribution in [0.15, 0.2) is 34.9 Å². The van der Waals surface area contributed by atoms with Crippen molar-refractivity contribution in [2.24, 2.45) is 11.6 Å². The molecule has 2 rings (SSSR count). The van der Waals surface area contributed by atoms with Crippen LogP contribution in [-0.4, -0.2) is 0 Å². The van der Waals surface area contributed by atoms with E-state index >= 15 is 0 Å². The minimum atomic E-state index is -0.386. The molecule has 4 nitrogen and oxygen atoms in total. The number of furan rings is 1. The van der Waals surface area contributed by atoms with Gasteiger partial charge in [-0.1, -0.05) is 18.2 Å². The first-order chi connectivity index (χ1) is 6.33. The van der Waals surface area contributed by atoms with Crippen molar-refractivity contribution in [3.63, 3.8) is 0 Å². The molecule has 1 aromatic heterocycles. The summed E-state index contributed by atoms with van der Waals surface area (Å²) < 4.78 is 5.30. The lowest BCUT2D eigenvalue weighted by atomic mass is 10.1. The van der Waals surface area contributed by atoms with Crippen LogP contribution in [0.2, 0.25) is 0 Å². The molecular formula is C9H11N3O. The second-order valence-electron chi connectivity index (χ2n) is 2.83. The highest BCUT2D eigenvalue weighted by Gasteiger charge is 2.10. The minimum absolute atomic E-state index is 0.386. The molecule has 5 N–H and O–H groups in total. The van der Waals surface area contributed by atoms with Crippen molar-refractivity contribution in [1.82, 2.24) is 5.43 Å². The lowest BCUT2D eigenvalue weighted by Crippen LogP contribution is -2.33. The number of hydrazine groups is 1. The van der Waals surface area contributed by atoms with Crippen molar-refractivity contribution in [3.8, 4) is 0 Å². The molecule has 1 unspecified atom stereocenters. The van der Waals surface area contributed by atoms with Gasteiger partial charge in [0.05, 0.1) is 12.4 Å². The number of para-hydroxylation sites is 1. The highest BCUT2D eigenvalue weighted by atomic mass is 16.3. The number of hydrogen-bond acceptors (Lipinski definition) is 4. The molecule has 0 fully saturated rings. The van der Waals surface area contributed by atoms with Crippen LogP contribution >= 0.6 is 0 Å². The Hall–Kier alpha value is -1.36. The first kappa shape index (κ1) is 8.25. The largest absolute Gasteiger partial charge is 0.464 e. The van der Waals surface area contributed by atoms with E-state index in [4.69, 9.17) is 16.0 Å². The number of nitrogens with two attached hydrogens (primary N) is 2. The van der Waals surface area contributed by atoms with Crippen LogP contribution in [0.3, 0.4) is 0 Å². The molecule has 0 radical (unpaired) electrons. The summed E-state index contributed by atoms with van der Waals surface area (Å²) in [5.41, 5.74) is 9.88. The third-order valence-electron chi connectivity index (χ3n) is 2.03. The van der Waals surface area contributed by atoms with Gasteiger partial charge in [0, 0.05) is 10.9 Å². The monoisotopic (exact) mass is 177 g/mol. The summed E-state index contributed by atoms with van der Waals surface area (Å²) in [6.07, 6.45) is 1.23. The van der Waals surface area contributed by atoms with Crippen LogP contribution in [0, 0.1) is 0 Å². The molecule has 0 aliphatic carbocycles. The molecule has 0 bridgehead atoms. The molecule has 0 saturated carbocycles. The summed E-state index contributed by atoms with van der Waals surface area (Å²) >= 11 is 0. The van der Waals surface area contributed by atoms with Gasteiger partial charge in [0.2, 0.25) is 0 Å². The average Bonchev–Trinajstić information content (AvgIpc) is 2.60. The van der Waals surface area contributed by atoms with Gasteiger partial charge in [-0.3, -0.25) is 5.84 Å². The summed E-state index contributed by atoms with van der Waals surface area (Å²) in [5, 5.41) is 0.993. The second kappa shape index (κ2) is 3.18. The van der Waals surface area contributed by atoms with Crippen molar-refractivity contribution >= 4 is 11.0 Å². The smallest absolute Gasteiger partial charge is 0.134 e. The Morgan fingerprint density at radius 2 is 2.08 bits per heavy atom. The van der Waals surface area contributed by atoms with E-state index in [1.165, 1.54) is 0 Å². The quantitative estimate of drug-likeness (QED) is 0.361. The SMILES string of the molecule is NNC(N)c1coc2ccccc12. The van der Waals surface area contributed by atoms with Crippen LogP contribution < -0.4 is 17.0 Å². The van der Waals surface area contributed by atoms with Gasteiger partial charge in [-0.2, -0.15) is 0 Å². The fourth-order valence-electron chi connectivity index (χ4n) is 1.33. The first-order valence-electron chi connectivity index (χ1n) is 4.01. The Morgan fingerprint density at radius 1 is 1.31 bits per heavy atom. The fraction of sp³-hybridized carbons (Fsp3) is 0.111. The standard InChI is InChI=1S/C9H11N3O/c10-9(12-11)7-5-13-8-4-2-1-3-6(7)8/h1-5,9,12H,10-11H2. The predicted octanol–water partition coefficient (Wildman–Crippen LogP) is 0.853. The molecule has 1 aromatic carbocycles. The van der Waals surface area contributed by atoms with Gasteiger partial charge in [0.25, 0.3) is 0 Å². The molecule has 4 heteroatoms. The van der Waals surface area contributed by atoms with E-state index in [0.29, 0.717) is 0 Å². The van der Waals surface area contributed by atoms with Gasteiger partial charge in [-0.15, -0.1) is 0 Å². The van der Waals surface area contributed by atoms with Crippen LogP contribution in [0.5, 0.6) is 0 Å². The molecule has 1 heterocycles. The van der Waals surface area contributed by atoms with E-state index in [1.54, 1.807) is 6.26 Å². The third-order valence-corrected chi connectivity index (χ3v) is 2.03. The second-order valence-corrected chi connectivity index (χ2v) is 2.83. The Bertz CT molecular complexity index is 410. The van der Waals surface area contributed by atoms with Crippen LogP contribution in [0.1, 0.15) is 11.7 Å². The van der Waals surface area contributed by atoms with E-state index in [2.05, 4.69) is 5.43 Å². The Kier molecular flexibility index (Phi) is 2.02. The third kappa shape index (κ3) is 1.31. The van der Waals surface area contributed by atoms with E-state index in [1.807, 2.05) is 24.3 Å². The maximum absolute atomic E-state index is 5.71. The lowest BCUT2D eigenvalue weighted by Gasteiger charge is -2.06.